The van der Waals surface area contributed by atoms with Gasteiger partial charge in [0.05, 0.1) is 0 Å². The quantitative estimate of drug-likeness (QED) is 0.548. The van der Waals surface area contributed by atoms with E-state index in [4.69, 9.17) is 0 Å². The summed E-state index contributed by atoms with van der Waals surface area (Å²) in [7, 11) is 6.02. The Morgan fingerprint density at radius 3 is 2.42 bits per heavy atom. The first-order chi connectivity index (χ1) is 5.24. The molecule has 12 heavy (non-hydrogen) atoms. The van der Waals surface area contributed by atoms with Gasteiger partial charge in [0.25, 0.3) is 0 Å². The summed E-state index contributed by atoms with van der Waals surface area (Å²) in [6, 6.07) is 0. The largest absolute Gasteiger partial charge is 0.508 e. The van der Waals surface area contributed by atoms with E-state index in [1.165, 1.54) is 0 Å². The van der Waals surface area contributed by atoms with Crippen molar-refractivity contribution in [3.63, 3.8) is 0 Å². The van der Waals surface area contributed by atoms with E-state index in [2.05, 4.69) is 26.4 Å². The van der Waals surface area contributed by atoms with Crippen LogP contribution in [0, 0.1) is 13.0 Å². The third-order valence-electron chi connectivity index (χ3n) is 2.07. The van der Waals surface area contributed by atoms with Gasteiger partial charge in [-0.25, -0.2) is 0 Å². The van der Waals surface area contributed by atoms with E-state index < -0.39 is 0 Å². The van der Waals surface area contributed by atoms with Crippen molar-refractivity contribution in [3.8, 4) is 0 Å². The van der Waals surface area contributed by atoms with E-state index in [0.717, 1.165) is 25.9 Å². The second kappa shape index (κ2) is 6.42. The van der Waals surface area contributed by atoms with Crippen LogP contribution in [0.3, 0.4) is 0 Å². The molecule has 1 N–H and O–H groups in total. The Balaban J connectivity index is 0.00000121. The summed E-state index contributed by atoms with van der Waals surface area (Å²) in [5, 5.41) is 2.44. The van der Waals surface area contributed by atoms with E-state index in [1.54, 1.807) is 0 Å². The molecule has 0 aliphatic carbocycles. The van der Waals surface area contributed by atoms with Crippen molar-refractivity contribution in [2.75, 3.05) is 13.1 Å². The SMILES string of the molecule is [CH2-]NC(=O)C1CCN(P)CC1.[Y]. The summed E-state index contributed by atoms with van der Waals surface area (Å²) in [6.07, 6.45) is 1.90. The summed E-state index contributed by atoms with van der Waals surface area (Å²) in [5.41, 5.74) is 0. The van der Waals surface area contributed by atoms with Crippen LogP contribution in [-0.4, -0.2) is 23.7 Å². The first kappa shape index (κ1) is 13.0. The van der Waals surface area contributed by atoms with Gasteiger partial charge in [-0.05, 0) is 12.8 Å². The Labute approximate surface area is 101 Å². The summed E-state index contributed by atoms with van der Waals surface area (Å²) in [5.74, 6) is 0.271. The maximum absolute atomic E-state index is 11.1. The minimum absolute atomic E-state index is 0. The Hall–Kier alpha value is 0.964. The number of nitrogens with zero attached hydrogens (tertiary/aromatic N) is 1. The average molecular weight is 262 g/mol. The van der Waals surface area contributed by atoms with Gasteiger partial charge < -0.3 is 5.32 Å². The fourth-order valence-corrected chi connectivity index (χ4v) is 1.60. The van der Waals surface area contributed by atoms with Crippen LogP contribution in [0.1, 0.15) is 12.8 Å². The zero-order valence-corrected chi connectivity index (χ0v) is 11.1. The predicted octanol–water partition coefficient (Wildman–Crippen LogP) is 0.394. The molecule has 0 aromatic rings. The molecule has 1 unspecified atom stereocenters. The summed E-state index contributed by atoms with van der Waals surface area (Å²) in [4.78, 5) is 11.1. The van der Waals surface area contributed by atoms with Crippen LogP contribution in [0.4, 0.5) is 0 Å². The van der Waals surface area contributed by atoms with Crippen LogP contribution in [0.5, 0.6) is 0 Å². The molecule has 3 nitrogen and oxygen atoms in total. The molecule has 67 valence electrons. The number of carbonyl (C=O) groups excluding carboxylic acids is 1. The third kappa shape index (κ3) is 3.78. The van der Waals surface area contributed by atoms with Gasteiger partial charge in [-0.2, -0.15) is 0 Å². The minimum atomic E-state index is 0. The van der Waals surface area contributed by atoms with Gasteiger partial charge in [-0.15, -0.1) is 0 Å². The first-order valence-electron chi connectivity index (χ1n) is 3.80. The van der Waals surface area contributed by atoms with E-state index in [0.29, 0.717) is 0 Å². The van der Waals surface area contributed by atoms with Crippen LogP contribution in [0.2, 0.25) is 0 Å². The number of hydrogen-bond donors (Lipinski definition) is 1. The molecule has 1 saturated heterocycles. The molecule has 0 aromatic carbocycles. The fraction of sp³-hybridized carbons (Fsp3) is 0.714. The summed E-state index contributed by atoms with van der Waals surface area (Å²) >= 11 is 0. The molecule has 1 aliphatic heterocycles. The smallest absolute Gasteiger partial charge is 0.194 e. The van der Waals surface area contributed by atoms with Gasteiger partial charge in [0, 0.05) is 51.7 Å². The van der Waals surface area contributed by atoms with Gasteiger partial charge in [0.1, 0.15) is 0 Å². The van der Waals surface area contributed by atoms with Gasteiger partial charge in [0.2, 0.25) is 0 Å². The molecule has 0 bridgehead atoms. The molecule has 0 spiro atoms. The van der Waals surface area contributed by atoms with E-state index in [1.807, 2.05) is 0 Å². The number of carbonyl (C=O) groups is 1. The topological polar surface area (TPSA) is 32.3 Å². The van der Waals surface area contributed by atoms with Crippen molar-refractivity contribution in [2.45, 2.75) is 12.8 Å². The van der Waals surface area contributed by atoms with E-state index in [9.17, 15) is 4.79 Å². The van der Waals surface area contributed by atoms with Crippen LogP contribution in [0.15, 0.2) is 0 Å². The van der Waals surface area contributed by atoms with Crippen molar-refractivity contribution in [1.29, 1.82) is 0 Å². The van der Waals surface area contributed by atoms with Gasteiger partial charge >= 0.3 is 0 Å². The average Bonchev–Trinajstić information content (AvgIpc) is 2.05. The summed E-state index contributed by atoms with van der Waals surface area (Å²) < 4.78 is 2.16. The van der Waals surface area contributed by atoms with Crippen molar-refractivity contribution in [2.24, 2.45) is 5.92 Å². The summed E-state index contributed by atoms with van der Waals surface area (Å²) in [6.45, 7) is 1.98. The minimum Gasteiger partial charge on any atom is -0.508 e. The Morgan fingerprint density at radius 2 is 2.00 bits per heavy atom. The van der Waals surface area contributed by atoms with Crippen LogP contribution < -0.4 is 5.32 Å². The molecule has 1 rings (SSSR count). The Kier molecular flexibility index (Phi) is 6.94. The molecule has 1 aliphatic rings. The monoisotopic (exact) mass is 262 g/mol. The van der Waals surface area contributed by atoms with Crippen molar-refractivity contribution < 1.29 is 37.5 Å². The fourth-order valence-electron chi connectivity index (χ4n) is 1.31. The zero-order chi connectivity index (χ0) is 8.27. The molecule has 1 heterocycles. The van der Waals surface area contributed by atoms with Crippen molar-refractivity contribution >= 4 is 15.3 Å². The molecular formula is C7H14N2OPY-. The Morgan fingerprint density at radius 1 is 1.50 bits per heavy atom. The van der Waals surface area contributed by atoms with Crippen LogP contribution in [-0.2, 0) is 37.5 Å². The third-order valence-corrected chi connectivity index (χ3v) is 2.59. The number of piperidine rings is 1. The molecule has 1 amide bonds. The van der Waals surface area contributed by atoms with Crippen molar-refractivity contribution in [3.05, 3.63) is 7.05 Å². The molecule has 0 saturated carbocycles. The van der Waals surface area contributed by atoms with E-state index in [-0.39, 0.29) is 44.5 Å². The molecule has 5 heteroatoms. The maximum Gasteiger partial charge on any atom is 0.194 e. The second-order valence-electron chi connectivity index (χ2n) is 2.85. The number of rotatable bonds is 1. The Bertz CT molecular complexity index is 148. The maximum atomic E-state index is 11.1. The molecular weight excluding hydrogens is 248 g/mol. The number of nitrogens with one attached hydrogen (secondary N) is 1. The molecule has 1 fully saturated rings. The van der Waals surface area contributed by atoms with Gasteiger partial charge in [-0.3, -0.25) is 16.5 Å². The first-order valence-corrected chi connectivity index (χ1v) is 4.32. The van der Waals surface area contributed by atoms with Gasteiger partial charge in [0.15, 0.2) is 5.91 Å². The van der Waals surface area contributed by atoms with Gasteiger partial charge in [-0.1, -0.05) is 9.39 Å². The predicted molar refractivity (Wildman–Crippen MR) is 47.5 cm³/mol. The number of hydrogen-bond acceptors (Lipinski definition) is 2. The zero-order valence-electron chi connectivity index (χ0n) is 7.12. The normalized spacial score (nSPS) is 19.8. The van der Waals surface area contributed by atoms with E-state index >= 15 is 0 Å². The van der Waals surface area contributed by atoms with Crippen LogP contribution in [0.25, 0.3) is 0 Å². The molecule has 1 atom stereocenters. The van der Waals surface area contributed by atoms with Crippen molar-refractivity contribution in [1.82, 2.24) is 9.99 Å². The standard InChI is InChI=1S/C7H14N2OP.Y/c1-8-7(10)6-2-4-9(11)5-3-6;/h6H,1-5,11H2,(H,8,10);/q-1;. The second-order valence-corrected chi connectivity index (χ2v) is 3.58. The van der Waals surface area contributed by atoms with Crippen LogP contribution >= 0.6 is 9.39 Å². The molecule has 1 radical (unpaired) electrons. The molecule has 0 aromatic heterocycles. The number of amides is 1.